The molecule has 0 unspecified atom stereocenters. The van der Waals surface area contributed by atoms with E-state index < -0.39 is 0 Å². The average Bonchev–Trinajstić information content (AvgIpc) is 3.30. The maximum Gasteiger partial charge on any atom is 0.234 e. The summed E-state index contributed by atoms with van der Waals surface area (Å²) in [6, 6.07) is 25.0. The van der Waals surface area contributed by atoms with Crippen LogP contribution in [-0.2, 0) is 5.41 Å². The molecule has 5 nitrogen and oxygen atoms in total. The van der Waals surface area contributed by atoms with Crippen LogP contribution in [0.1, 0.15) is 36.5 Å². The van der Waals surface area contributed by atoms with Crippen LogP contribution in [0.4, 0.5) is 0 Å². The molecule has 2 heterocycles. The number of nitriles is 2. The molecule has 0 atom stereocenters. The van der Waals surface area contributed by atoms with Crippen LogP contribution >= 0.6 is 0 Å². The molecular formula is C27H16N4O. The Balaban J connectivity index is 1.53. The molecule has 5 aromatic rings. The normalized spacial score (nSPS) is 13.5. The molecule has 0 spiro atoms. The van der Waals surface area contributed by atoms with Gasteiger partial charge in [-0.25, -0.2) is 9.97 Å². The highest BCUT2D eigenvalue weighted by atomic mass is 16.3. The van der Waals surface area contributed by atoms with Crippen LogP contribution in [-0.4, -0.2) is 9.97 Å². The predicted molar refractivity (Wildman–Crippen MR) is 122 cm³/mol. The molecule has 3 aromatic carbocycles. The van der Waals surface area contributed by atoms with Crippen molar-refractivity contribution in [1.29, 1.82) is 10.5 Å². The molecule has 0 saturated heterocycles. The summed E-state index contributed by atoms with van der Waals surface area (Å²) in [5.74, 6) is -0.0405. The predicted octanol–water partition coefficient (Wildman–Crippen LogP) is 6.09. The second-order valence-corrected chi connectivity index (χ2v) is 8.54. The van der Waals surface area contributed by atoms with Gasteiger partial charge in [-0.15, -0.1) is 0 Å². The summed E-state index contributed by atoms with van der Waals surface area (Å²) in [6.45, 7) is 4.53. The topological polar surface area (TPSA) is 86.5 Å². The second kappa shape index (κ2) is 6.26. The van der Waals surface area contributed by atoms with Gasteiger partial charge in [-0.05, 0) is 51.6 Å². The van der Waals surface area contributed by atoms with Crippen molar-refractivity contribution in [2.24, 2.45) is 0 Å². The first-order valence-corrected chi connectivity index (χ1v) is 10.3. The van der Waals surface area contributed by atoms with E-state index in [1.165, 1.54) is 22.3 Å². The number of furan rings is 1. The first-order chi connectivity index (χ1) is 15.5. The molecule has 0 aliphatic heterocycles. The zero-order valence-corrected chi connectivity index (χ0v) is 17.5. The Morgan fingerprint density at radius 1 is 0.812 bits per heavy atom. The van der Waals surface area contributed by atoms with E-state index >= 15 is 0 Å². The quantitative estimate of drug-likeness (QED) is 0.332. The average molecular weight is 412 g/mol. The van der Waals surface area contributed by atoms with Crippen molar-refractivity contribution in [2.75, 3.05) is 0 Å². The molecule has 0 fully saturated rings. The number of nitrogens with zero attached hydrogens (tertiary/aromatic N) is 4. The fraction of sp³-hybridized carbons (Fsp3) is 0.111. The standard InChI is InChI=1S/C27H16N4O/c1-27(2)20-6-4-3-5-17(20)18-9-7-15(11-21(18)27)16-8-10-19-23(12-16)32-26-22(13-28)30-24(14-29)31-25(19)26/h3-12H,1-2H3. The third-order valence-corrected chi connectivity index (χ3v) is 6.44. The van der Waals surface area contributed by atoms with E-state index in [9.17, 15) is 10.5 Å². The number of hydrogen-bond acceptors (Lipinski definition) is 5. The summed E-state index contributed by atoms with van der Waals surface area (Å²) >= 11 is 0. The summed E-state index contributed by atoms with van der Waals surface area (Å²) in [6.07, 6.45) is 0. The van der Waals surface area contributed by atoms with E-state index in [0.717, 1.165) is 16.5 Å². The molecule has 150 valence electrons. The van der Waals surface area contributed by atoms with Gasteiger partial charge >= 0.3 is 0 Å². The fourth-order valence-electron chi connectivity index (χ4n) is 4.83. The Morgan fingerprint density at radius 3 is 2.38 bits per heavy atom. The van der Waals surface area contributed by atoms with Gasteiger partial charge < -0.3 is 4.42 Å². The van der Waals surface area contributed by atoms with E-state index in [0.29, 0.717) is 16.7 Å². The van der Waals surface area contributed by atoms with Crippen molar-refractivity contribution < 1.29 is 4.42 Å². The molecule has 32 heavy (non-hydrogen) atoms. The van der Waals surface area contributed by atoms with Crippen LogP contribution in [0.25, 0.3) is 44.3 Å². The van der Waals surface area contributed by atoms with Crippen LogP contribution in [0.5, 0.6) is 0 Å². The van der Waals surface area contributed by atoms with Gasteiger partial charge in [-0.2, -0.15) is 10.5 Å². The van der Waals surface area contributed by atoms with Crippen LogP contribution in [0.15, 0.2) is 65.1 Å². The summed E-state index contributed by atoms with van der Waals surface area (Å²) in [5.41, 5.74) is 8.73. The molecule has 2 aromatic heterocycles. The maximum absolute atomic E-state index is 9.42. The maximum atomic E-state index is 9.42. The molecule has 0 saturated carbocycles. The molecule has 1 aliphatic rings. The molecule has 0 amide bonds. The van der Waals surface area contributed by atoms with Crippen LogP contribution in [0.2, 0.25) is 0 Å². The van der Waals surface area contributed by atoms with E-state index in [1.807, 2.05) is 30.3 Å². The highest BCUT2D eigenvalue weighted by molar-refractivity contribution is 6.05. The lowest BCUT2D eigenvalue weighted by Gasteiger charge is -2.22. The number of fused-ring (bicyclic) bond motifs is 6. The Labute approximate surface area is 184 Å². The lowest BCUT2D eigenvalue weighted by molar-refractivity contribution is 0.660. The largest absolute Gasteiger partial charge is 0.451 e. The van der Waals surface area contributed by atoms with Crippen molar-refractivity contribution in [1.82, 2.24) is 9.97 Å². The van der Waals surface area contributed by atoms with Gasteiger partial charge in [0.15, 0.2) is 11.3 Å². The zero-order chi connectivity index (χ0) is 22.0. The van der Waals surface area contributed by atoms with Crippen molar-refractivity contribution in [3.05, 3.63) is 83.3 Å². The second-order valence-electron chi connectivity index (χ2n) is 8.54. The van der Waals surface area contributed by atoms with Crippen molar-refractivity contribution >= 4 is 22.1 Å². The lowest BCUT2D eigenvalue weighted by atomic mass is 9.81. The molecular weight excluding hydrogens is 396 g/mol. The summed E-state index contributed by atoms with van der Waals surface area (Å²) in [5, 5.41) is 19.4. The molecule has 5 heteroatoms. The van der Waals surface area contributed by atoms with E-state index in [2.05, 4.69) is 66.3 Å². The first kappa shape index (κ1) is 18.3. The number of rotatable bonds is 1. The van der Waals surface area contributed by atoms with Gasteiger partial charge in [0.05, 0.1) is 0 Å². The van der Waals surface area contributed by atoms with Gasteiger partial charge in [-0.3, -0.25) is 0 Å². The summed E-state index contributed by atoms with van der Waals surface area (Å²) in [7, 11) is 0. The minimum absolute atomic E-state index is 0.0405. The van der Waals surface area contributed by atoms with Crippen molar-refractivity contribution in [3.63, 3.8) is 0 Å². The smallest absolute Gasteiger partial charge is 0.234 e. The monoisotopic (exact) mass is 412 g/mol. The molecule has 0 N–H and O–H groups in total. The Hall–Kier alpha value is -4.48. The van der Waals surface area contributed by atoms with Crippen molar-refractivity contribution in [2.45, 2.75) is 19.3 Å². The van der Waals surface area contributed by atoms with Gasteiger partial charge in [0.2, 0.25) is 5.82 Å². The van der Waals surface area contributed by atoms with E-state index in [4.69, 9.17) is 4.42 Å². The molecule has 0 bridgehead atoms. The Bertz CT molecular complexity index is 1680. The van der Waals surface area contributed by atoms with Gasteiger partial charge in [0, 0.05) is 10.8 Å². The SMILES string of the molecule is CC1(C)c2ccccc2-c2ccc(-c3ccc4c(c3)oc3c(C#N)nc(C#N)nc34)cc21. The van der Waals surface area contributed by atoms with Gasteiger partial charge in [0.1, 0.15) is 23.2 Å². The third-order valence-electron chi connectivity index (χ3n) is 6.44. The lowest BCUT2D eigenvalue weighted by Crippen LogP contribution is -2.14. The molecule has 6 rings (SSSR count). The number of benzene rings is 3. The van der Waals surface area contributed by atoms with Crippen LogP contribution in [0.3, 0.4) is 0 Å². The minimum Gasteiger partial charge on any atom is -0.451 e. The highest BCUT2D eigenvalue weighted by Gasteiger charge is 2.35. The van der Waals surface area contributed by atoms with E-state index in [1.54, 1.807) is 0 Å². The Morgan fingerprint density at radius 2 is 1.56 bits per heavy atom. The minimum atomic E-state index is -0.0730. The van der Waals surface area contributed by atoms with Crippen LogP contribution < -0.4 is 0 Å². The molecule has 0 radical (unpaired) electrons. The zero-order valence-electron chi connectivity index (χ0n) is 17.5. The first-order valence-electron chi connectivity index (χ1n) is 10.3. The van der Waals surface area contributed by atoms with E-state index in [-0.39, 0.29) is 16.9 Å². The summed E-state index contributed by atoms with van der Waals surface area (Å²) < 4.78 is 5.96. The van der Waals surface area contributed by atoms with Crippen LogP contribution in [0, 0.1) is 22.7 Å². The Kier molecular flexibility index (Phi) is 3.58. The number of hydrogen-bond donors (Lipinski definition) is 0. The van der Waals surface area contributed by atoms with Gasteiger partial charge in [-0.1, -0.05) is 56.3 Å². The van der Waals surface area contributed by atoms with Crippen molar-refractivity contribution in [3.8, 4) is 34.4 Å². The third kappa shape index (κ3) is 2.37. The fourth-order valence-corrected chi connectivity index (χ4v) is 4.83. The van der Waals surface area contributed by atoms with Gasteiger partial charge in [0.25, 0.3) is 0 Å². The highest BCUT2D eigenvalue weighted by Crippen LogP contribution is 2.49. The number of aromatic nitrogens is 2. The molecule has 1 aliphatic carbocycles. The summed E-state index contributed by atoms with van der Waals surface area (Å²) in [4.78, 5) is 8.23.